The zero-order valence-electron chi connectivity index (χ0n) is 11.2. The SMILES string of the molecule is C=CCN1CC[C@@H]2[C@@H]1CCN2C(=O)c1cc(C)on1. The molecule has 3 rings (SSSR count). The summed E-state index contributed by atoms with van der Waals surface area (Å²) < 4.78 is 5.00. The molecule has 0 spiro atoms. The van der Waals surface area contributed by atoms with E-state index in [0.717, 1.165) is 32.5 Å². The Balaban J connectivity index is 1.74. The molecule has 1 aromatic heterocycles. The van der Waals surface area contributed by atoms with Crippen molar-refractivity contribution >= 4 is 5.91 Å². The minimum absolute atomic E-state index is 0.00445. The van der Waals surface area contributed by atoms with Crippen molar-refractivity contribution in [1.29, 1.82) is 0 Å². The Morgan fingerprint density at radius 1 is 1.53 bits per heavy atom. The van der Waals surface area contributed by atoms with E-state index in [1.54, 1.807) is 13.0 Å². The average Bonchev–Trinajstić information content (AvgIpc) is 3.06. The number of rotatable bonds is 3. The second kappa shape index (κ2) is 4.81. The van der Waals surface area contributed by atoms with Crippen LogP contribution >= 0.6 is 0 Å². The first-order valence-electron chi connectivity index (χ1n) is 6.80. The number of aromatic nitrogens is 1. The van der Waals surface area contributed by atoms with Crippen LogP contribution in [-0.4, -0.2) is 52.6 Å². The van der Waals surface area contributed by atoms with Crippen LogP contribution in [0.2, 0.25) is 0 Å². The Bertz CT molecular complexity index is 497. The molecule has 0 aliphatic carbocycles. The molecule has 5 heteroatoms. The zero-order valence-corrected chi connectivity index (χ0v) is 11.2. The summed E-state index contributed by atoms with van der Waals surface area (Å²) >= 11 is 0. The van der Waals surface area contributed by atoms with Gasteiger partial charge in [0, 0.05) is 37.8 Å². The third-order valence-corrected chi connectivity index (χ3v) is 4.16. The van der Waals surface area contributed by atoms with Crippen LogP contribution in [0.3, 0.4) is 0 Å². The quantitative estimate of drug-likeness (QED) is 0.773. The van der Waals surface area contributed by atoms with Gasteiger partial charge in [0.25, 0.3) is 5.91 Å². The highest BCUT2D eigenvalue weighted by molar-refractivity contribution is 5.92. The Morgan fingerprint density at radius 2 is 2.32 bits per heavy atom. The van der Waals surface area contributed by atoms with Gasteiger partial charge in [0.05, 0.1) is 0 Å². The van der Waals surface area contributed by atoms with E-state index >= 15 is 0 Å². The molecule has 2 aliphatic heterocycles. The van der Waals surface area contributed by atoms with E-state index in [2.05, 4.69) is 16.6 Å². The highest BCUT2D eigenvalue weighted by atomic mass is 16.5. The van der Waals surface area contributed by atoms with Crippen molar-refractivity contribution in [2.45, 2.75) is 31.8 Å². The molecule has 2 saturated heterocycles. The molecule has 1 amide bonds. The first kappa shape index (κ1) is 12.4. The lowest BCUT2D eigenvalue weighted by molar-refractivity contribution is 0.0722. The van der Waals surface area contributed by atoms with Crippen molar-refractivity contribution in [2.24, 2.45) is 0 Å². The second-order valence-corrected chi connectivity index (χ2v) is 5.32. The number of fused-ring (bicyclic) bond motifs is 1. The largest absolute Gasteiger partial charge is 0.361 e. The molecular weight excluding hydrogens is 242 g/mol. The molecule has 0 aromatic carbocycles. The van der Waals surface area contributed by atoms with E-state index in [1.807, 2.05) is 11.0 Å². The van der Waals surface area contributed by atoms with Gasteiger partial charge in [0.15, 0.2) is 5.69 Å². The summed E-state index contributed by atoms with van der Waals surface area (Å²) in [7, 11) is 0. The summed E-state index contributed by atoms with van der Waals surface area (Å²) in [6.45, 7) is 8.37. The third-order valence-electron chi connectivity index (χ3n) is 4.16. The summed E-state index contributed by atoms with van der Waals surface area (Å²) in [5, 5.41) is 3.83. The van der Waals surface area contributed by atoms with Gasteiger partial charge in [0.1, 0.15) is 5.76 Å². The highest BCUT2D eigenvalue weighted by Gasteiger charge is 2.44. The van der Waals surface area contributed by atoms with Crippen molar-refractivity contribution in [1.82, 2.24) is 15.0 Å². The monoisotopic (exact) mass is 261 g/mol. The Hall–Kier alpha value is -1.62. The molecule has 19 heavy (non-hydrogen) atoms. The van der Waals surface area contributed by atoms with Crippen LogP contribution in [-0.2, 0) is 0 Å². The molecule has 0 saturated carbocycles. The van der Waals surface area contributed by atoms with Gasteiger partial charge in [-0.05, 0) is 19.8 Å². The van der Waals surface area contributed by atoms with Crippen molar-refractivity contribution < 1.29 is 9.32 Å². The molecule has 102 valence electrons. The lowest BCUT2D eigenvalue weighted by Crippen LogP contribution is -2.39. The molecule has 0 radical (unpaired) electrons. The first-order valence-corrected chi connectivity index (χ1v) is 6.80. The van der Waals surface area contributed by atoms with Crippen LogP contribution in [0, 0.1) is 6.92 Å². The van der Waals surface area contributed by atoms with Crippen LogP contribution in [0.1, 0.15) is 29.1 Å². The van der Waals surface area contributed by atoms with E-state index in [4.69, 9.17) is 4.52 Å². The Morgan fingerprint density at radius 3 is 3.00 bits per heavy atom. The fourth-order valence-corrected chi connectivity index (χ4v) is 3.33. The number of hydrogen-bond acceptors (Lipinski definition) is 4. The molecular formula is C14H19N3O2. The van der Waals surface area contributed by atoms with Crippen molar-refractivity contribution in [3.63, 3.8) is 0 Å². The topological polar surface area (TPSA) is 49.6 Å². The van der Waals surface area contributed by atoms with E-state index in [1.165, 1.54) is 0 Å². The van der Waals surface area contributed by atoms with Crippen molar-refractivity contribution in [3.8, 4) is 0 Å². The third kappa shape index (κ3) is 2.08. The predicted molar refractivity (Wildman–Crippen MR) is 70.9 cm³/mol. The zero-order chi connectivity index (χ0) is 13.4. The van der Waals surface area contributed by atoms with Gasteiger partial charge in [-0.2, -0.15) is 0 Å². The average molecular weight is 261 g/mol. The highest BCUT2D eigenvalue weighted by Crippen LogP contribution is 2.32. The number of nitrogens with zero attached hydrogens (tertiary/aromatic N) is 3. The smallest absolute Gasteiger partial charge is 0.276 e. The molecule has 0 bridgehead atoms. The fraction of sp³-hybridized carbons (Fsp3) is 0.571. The molecule has 2 atom stereocenters. The summed E-state index contributed by atoms with van der Waals surface area (Å²) in [4.78, 5) is 16.8. The van der Waals surface area contributed by atoms with Gasteiger partial charge in [-0.25, -0.2) is 0 Å². The van der Waals surface area contributed by atoms with Gasteiger partial charge in [-0.1, -0.05) is 11.2 Å². The normalized spacial score (nSPS) is 26.7. The van der Waals surface area contributed by atoms with Crippen LogP contribution in [0.5, 0.6) is 0 Å². The molecule has 1 aromatic rings. The minimum atomic E-state index is 0.00445. The van der Waals surface area contributed by atoms with E-state index in [0.29, 0.717) is 23.5 Å². The number of carbonyl (C=O) groups is 1. The second-order valence-electron chi connectivity index (χ2n) is 5.32. The summed E-state index contributed by atoms with van der Waals surface area (Å²) in [5.41, 5.74) is 0.431. The maximum atomic E-state index is 12.4. The summed E-state index contributed by atoms with van der Waals surface area (Å²) in [6.07, 6.45) is 4.02. The molecule has 2 fully saturated rings. The number of amides is 1. The lowest BCUT2D eigenvalue weighted by Gasteiger charge is -2.24. The molecule has 2 aliphatic rings. The lowest BCUT2D eigenvalue weighted by atomic mass is 10.1. The summed E-state index contributed by atoms with van der Waals surface area (Å²) in [5.74, 6) is 0.684. The van der Waals surface area contributed by atoms with Crippen LogP contribution < -0.4 is 0 Å². The van der Waals surface area contributed by atoms with E-state index < -0.39 is 0 Å². The molecule has 0 unspecified atom stereocenters. The summed E-state index contributed by atoms with van der Waals surface area (Å²) in [6, 6.07) is 2.52. The van der Waals surface area contributed by atoms with Crippen LogP contribution in [0.25, 0.3) is 0 Å². The number of likely N-dealkylation sites (tertiary alicyclic amines) is 2. The molecule has 5 nitrogen and oxygen atoms in total. The van der Waals surface area contributed by atoms with Gasteiger partial charge >= 0.3 is 0 Å². The predicted octanol–water partition coefficient (Wildman–Crippen LogP) is 1.46. The standard InChI is InChI=1S/C14H19N3O2/c1-3-6-16-7-4-13-12(16)5-8-17(13)14(18)11-9-10(2)19-15-11/h3,9,12-13H,1,4-8H2,2H3/t12-,13+/m0/s1. The van der Waals surface area contributed by atoms with Gasteiger partial charge in [-0.3, -0.25) is 9.69 Å². The first-order chi connectivity index (χ1) is 9.20. The van der Waals surface area contributed by atoms with Gasteiger partial charge in [-0.15, -0.1) is 6.58 Å². The van der Waals surface area contributed by atoms with Gasteiger partial charge in [0.2, 0.25) is 0 Å². The van der Waals surface area contributed by atoms with Crippen LogP contribution in [0.4, 0.5) is 0 Å². The van der Waals surface area contributed by atoms with Crippen LogP contribution in [0.15, 0.2) is 23.2 Å². The van der Waals surface area contributed by atoms with E-state index in [9.17, 15) is 4.79 Å². The maximum absolute atomic E-state index is 12.4. The number of hydrogen-bond donors (Lipinski definition) is 0. The number of carbonyl (C=O) groups excluding carboxylic acids is 1. The molecule has 0 N–H and O–H groups in total. The Kier molecular flexibility index (Phi) is 3.14. The van der Waals surface area contributed by atoms with Gasteiger partial charge < -0.3 is 9.42 Å². The minimum Gasteiger partial charge on any atom is -0.361 e. The molecule has 3 heterocycles. The van der Waals surface area contributed by atoms with E-state index in [-0.39, 0.29) is 5.91 Å². The Labute approximate surface area is 112 Å². The fourth-order valence-electron chi connectivity index (χ4n) is 3.33. The van der Waals surface area contributed by atoms with Crippen molar-refractivity contribution in [3.05, 3.63) is 30.2 Å². The maximum Gasteiger partial charge on any atom is 0.276 e. The number of aryl methyl sites for hydroxylation is 1. The van der Waals surface area contributed by atoms with Crippen molar-refractivity contribution in [2.75, 3.05) is 19.6 Å².